The van der Waals surface area contributed by atoms with E-state index in [0.29, 0.717) is 10.0 Å². The zero-order valence-electron chi connectivity index (χ0n) is 12.2. The molecule has 0 saturated carbocycles. The average Bonchev–Trinajstić information content (AvgIpc) is 2.55. The predicted octanol–water partition coefficient (Wildman–Crippen LogP) is 4.16. The molecule has 0 fully saturated rings. The number of carbonyl (C=O) groups excluding carboxylic acids is 2. The van der Waals surface area contributed by atoms with Gasteiger partial charge < -0.3 is 9.68 Å². The Kier molecular flexibility index (Phi) is 5.98. The van der Waals surface area contributed by atoms with Crippen molar-refractivity contribution in [3.8, 4) is 0 Å². The van der Waals surface area contributed by atoms with Crippen molar-refractivity contribution in [1.82, 2.24) is 5.23 Å². The highest BCUT2D eigenvalue weighted by atomic mass is 35.5. The topological polar surface area (TPSA) is 55.8 Å². The second-order valence-electron chi connectivity index (χ2n) is 4.42. The number of hydrogen-bond acceptors (Lipinski definition) is 5. The SMILES string of the molecule is CCN(OC(=O)c1ccc(Cl)cc1)OC(=O)c1ccc(Cl)cc1. The molecule has 0 aliphatic carbocycles. The molecule has 0 aliphatic heterocycles. The molecule has 0 heterocycles. The summed E-state index contributed by atoms with van der Waals surface area (Å²) in [6, 6.07) is 12.3. The quantitative estimate of drug-likeness (QED) is 0.755. The summed E-state index contributed by atoms with van der Waals surface area (Å²) in [4.78, 5) is 34.0. The molecule has 23 heavy (non-hydrogen) atoms. The monoisotopic (exact) mass is 353 g/mol. The van der Waals surface area contributed by atoms with Gasteiger partial charge in [0.25, 0.3) is 0 Å². The fraction of sp³-hybridized carbons (Fsp3) is 0.125. The van der Waals surface area contributed by atoms with Gasteiger partial charge in [-0.05, 0) is 55.5 Å². The number of hydrogen-bond donors (Lipinski definition) is 0. The molecule has 7 heteroatoms. The molecule has 0 spiro atoms. The molecule has 0 amide bonds. The molecule has 0 N–H and O–H groups in total. The molecule has 0 atom stereocenters. The van der Waals surface area contributed by atoms with Crippen LogP contribution in [-0.4, -0.2) is 23.7 Å². The van der Waals surface area contributed by atoms with Crippen LogP contribution < -0.4 is 0 Å². The van der Waals surface area contributed by atoms with Crippen molar-refractivity contribution >= 4 is 35.1 Å². The van der Waals surface area contributed by atoms with E-state index in [1.165, 1.54) is 24.3 Å². The lowest BCUT2D eigenvalue weighted by Crippen LogP contribution is -2.30. The third-order valence-electron chi connectivity index (χ3n) is 2.79. The summed E-state index contributed by atoms with van der Waals surface area (Å²) in [5, 5.41) is 1.82. The van der Waals surface area contributed by atoms with E-state index >= 15 is 0 Å². The number of halogens is 2. The van der Waals surface area contributed by atoms with Gasteiger partial charge in [-0.25, -0.2) is 9.59 Å². The fourth-order valence-corrected chi connectivity index (χ4v) is 1.86. The molecule has 2 aromatic rings. The lowest BCUT2D eigenvalue weighted by atomic mass is 10.2. The Labute approximate surface area is 143 Å². The van der Waals surface area contributed by atoms with E-state index in [4.69, 9.17) is 32.9 Å². The van der Waals surface area contributed by atoms with Crippen LogP contribution >= 0.6 is 23.2 Å². The van der Waals surface area contributed by atoms with Crippen molar-refractivity contribution in [3.63, 3.8) is 0 Å². The Morgan fingerprint density at radius 2 is 1.17 bits per heavy atom. The minimum Gasteiger partial charge on any atom is -0.328 e. The van der Waals surface area contributed by atoms with Gasteiger partial charge in [0.05, 0.1) is 17.7 Å². The second-order valence-corrected chi connectivity index (χ2v) is 5.29. The van der Waals surface area contributed by atoms with Crippen LogP contribution in [0.25, 0.3) is 0 Å². The summed E-state index contributed by atoms with van der Waals surface area (Å²) in [5.41, 5.74) is 0.575. The van der Waals surface area contributed by atoms with Crippen LogP contribution in [0.15, 0.2) is 48.5 Å². The van der Waals surface area contributed by atoms with E-state index in [1.54, 1.807) is 31.2 Å². The molecule has 0 bridgehead atoms. The van der Waals surface area contributed by atoms with Crippen molar-refractivity contribution in [2.45, 2.75) is 6.92 Å². The standard InChI is InChI=1S/C16H13Cl2NO4/c1-2-19(22-15(20)11-3-7-13(17)8-4-11)23-16(21)12-5-9-14(18)10-6-12/h3-10H,2H2,1H3. The smallest absolute Gasteiger partial charge is 0.328 e. The van der Waals surface area contributed by atoms with E-state index in [1.807, 2.05) is 0 Å². The molecule has 0 aromatic heterocycles. The Balaban J connectivity index is 1.99. The van der Waals surface area contributed by atoms with E-state index in [9.17, 15) is 9.59 Å². The third-order valence-corrected chi connectivity index (χ3v) is 3.29. The molecule has 0 saturated heterocycles. The highest BCUT2D eigenvalue weighted by molar-refractivity contribution is 6.30. The second kappa shape index (κ2) is 7.97. The molecule has 120 valence electrons. The Morgan fingerprint density at radius 1 is 0.826 bits per heavy atom. The lowest BCUT2D eigenvalue weighted by molar-refractivity contribution is -0.295. The van der Waals surface area contributed by atoms with Crippen LogP contribution in [0.1, 0.15) is 27.6 Å². The maximum absolute atomic E-state index is 12.0. The minimum absolute atomic E-state index is 0.165. The molecular weight excluding hydrogens is 341 g/mol. The van der Waals surface area contributed by atoms with Crippen LogP contribution in [0.5, 0.6) is 0 Å². The van der Waals surface area contributed by atoms with Crippen LogP contribution in [0, 0.1) is 0 Å². The summed E-state index contributed by atoms with van der Waals surface area (Å²) >= 11 is 11.5. The molecule has 0 aliphatic rings. The number of rotatable bonds is 5. The molecule has 5 nitrogen and oxygen atoms in total. The van der Waals surface area contributed by atoms with Crippen molar-refractivity contribution in [3.05, 3.63) is 69.7 Å². The van der Waals surface area contributed by atoms with Crippen LogP contribution in [0.3, 0.4) is 0 Å². The summed E-state index contributed by atoms with van der Waals surface area (Å²) in [6.45, 7) is 1.84. The van der Waals surface area contributed by atoms with Crippen LogP contribution in [-0.2, 0) is 9.68 Å². The maximum atomic E-state index is 12.0. The van der Waals surface area contributed by atoms with Gasteiger partial charge in [-0.2, -0.15) is 0 Å². The van der Waals surface area contributed by atoms with Crippen LogP contribution in [0.2, 0.25) is 10.0 Å². The molecule has 0 unspecified atom stereocenters. The normalized spacial score (nSPS) is 10.4. The van der Waals surface area contributed by atoms with Crippen molar-refractivity contribution in [1.29, 1.82) is 0 Å². The van der Waals surface area contributed by atoms with E-state index in [-0.39, 0.29) is 17.7 Å². The van der Waals surface area contributed by atoms with Gasteiger partial charge in [-0.3, -0.25) is 0 Å². The number of hydroxylamine groups is 2. The third kappa shape index (κ3) is 4.96. The first-order chi connectivity index (χ1) is 11.0. The largest absolute Gasteiger partial charge is 0.360 e. The van der Waals surface area contributed by atoms with Crippen molar-refractivity contribution in [2.24, 2.45) is 0 Å². The van der Waals surface area contributed by atoms with Crippen molar-refractivity contribution in [2.75, 3.05) is 6.54 Å². The van der Waals surface area contributed by atoms with E-state index in [2.05, 4.69) is 0 Å². The van der Waals surface area contributed by atoms with Gasteiger partial charge in [0.2, 0.25) is 0 Å². The first-order valence-electron chi connectivity index (χ1n) is 6.73. The lowest BCUT2D eigenvalue weighted by Gasteiger charge is -2.17. The number of carbonyl (C=O) groups is 2. The van der Waals surface area contributed by atoms with Gasteiger partial charge in [0.1, 0.15) is 0 Å². The first kappa shape index (κ1) is 17.3. The first-order valence-corrected chi connectivity index (χ1v) is 7.48. The number of nitrogens with zero attached hydrogens (tertiary/aromatic N) is 1. The zero-order chi connectivity index (χ0) is 16.8. The number of benzene rings is 2. The minimum atomic E-state index is -0.660. The molecule has 2 aromatic carbocycles. The maximum Gasteiger partial charge on any atom is 0.360 e. The molecule has 0 radical (unpaired) electrons. The van der Waals surface area contributed by atoms with Gasteiger partial charge in [-0.15, -0.1) is 0 Å². The summed E-state index contributed by atoms with van der Waals surface area (Å²) in [7, 11) is 0. The Hall–Kier alpha value is -2.08. The van der Waals surface area contributed by atoms with Gasteiger partial charge >= 0.3 is 11.9 Å². The van der Waals surface area contributed by atoms with Crippen molar-refractivity contribution < 1.29 is 19.3 Å². The highest BCUT2D eigenvalue weighted by Crippen LogP contribution is 2.13. The Morgan fingerprint density at radius 3 is 1.48 bits per heavy atom. The van der Waals surface area contributed by atoms with E-state index < -0.39 is 11.9 Å². The highest BCUT2D eigenvalue weighted by Gasteiger charge is 2.18. The van der Waals surface area contributed by atoms with Gasteiger partial charge in [-0.1, -0.05) is 23.2 Å². The molecule has 2 rings (SSSR count). The molecular formula is C16H13Cl2NO4. The summed E-state index contributed by atoms with van der Waals surface area (Å²) in [5.74, 6) is -1.32. The van der Waals surface area contributed by atoms with Crippen LogP contribution in [0.4, 0.5) is 0 Å². The Bertz CT molecular complexity index is 627. The summed E-state index contributed by atoms with van der Waals surface area (Å²) < 4.78 is 0. The van der Waals surface area contributed by atoms with E-state index in [0.717, 1.165) is 5.23 Å². The predicted molar refractivity (Wildman–Crippen MR) is 86.1 cm³/mol. The van der Waals surface area contributed by atoms with Gasteiger partial charge in [0.15, 0.2) is 0 Å². The van der Waals surface area contributed by atoms with Gasteiger partial charge in [0, 0.05) is 15.3 Å². The average molecular weight is 354 g/mol. The fourth-order valence-electron chi connectivity index (χ4n) is 1.61. The summed E-state index contributed by atoms with van der Waals surface area (Å²) in [6.07, 6.45) is 0. The zero-order valence-corrected chi connectivity index (χ0v) is 13.7.